The molecule has 27 heavy (non-hydrogen) atoms. The van der Waals surface area contributed by atoms with Gasteiger partial charge < -0.3 is 15.1 Å². The van der Waals surface area contributed by atoms with Crippen LogP contribution in [0.2, 0.25) is 0 Å². The maximum atomic E-state index is 12.7. The van der Waals surface area contributed by atoms with E-state index in [1.165, 1.54) is 17.7 Å². The molecule has 0 aromatic carbocycles. The van der Waals surface area contributed by atoms with Gasteiger partial charge in [0.1, 0.15) is 6.04 Å². The second kappa shape index (κ2) is 7.19. The molecular weight excluding hydrogens is 376 g/mol. The Morgan fingerprint density at radius 3 is 2.48 bits per heavy atom. The number of nitrogens with zero attached hydrogens (tertiary/aromatic N) is 3. The lowest BCUT2D eigenvalue weighted by atomic mass is 9.98. The highest BCUT2D eigenvalue weighted by Gasteiger charge is 2.49. The van der Waals surface area contributed by atoms with Gasteiger partial charge in [0.2, 0.25) is 5.91 Å². The van der Waals surface area contributed by atoms with Gasteiger partial charge in [-0.2, -0.15) is 13.5 Å². The number of carbonyl (C=O) groups is 2. The molecule has 152 valence electrons. The first-order valence-electron chi connectivity index (χ1n) is 9.60. The molecule has 2 N–H and O–H groups in total. The summed E-state index contributed by atoms with van der Waals surface area (Å²) in [4.78, 5) is 28.9. The number of urea groups is 1. The number of hydrogen-bond donors (Lipinski definition) is 2. The predicted molar refractivity (Wildman–Crippen MR) is 93.7 cm³/mol. The van der Waals surface area contributed by atoms with Crippen LogP contribution in [0, 0.1) is 5.92 Å². The zero-order valence-corrected chi connectivity index (χ0v) is 15.9. The molecule has 3 heterocycles. The van der Waals surface area contributed by atoms with Crippen molar-refractivity contribution < 1.29 is 26.8 Å². The fraction of sp³-hybridized carbons (Fsp3) is 0.875. The predicted octanol–water partition coefficient (Wildman–Crippen LogP) is -0.0200. The molecule has 3 amide bonds. The third kappa shape index (κ3) is 4.36. The van der Waals surface area contributed by atoms with Crippen molar-refractivity contribution in [2.45, 2.75) is 56.7 Å². The Bertz CT molecular complexity index is 704. The van der Waals surface area contributed by atoms with E-state index in [0.717, 1.165) is 38.4 Å². The smallest absolute Gasteiger partial charge is 0.351 e. The number of hydrogen-bond acceptors (Lipinski definition) is 6. The Balaban J connectivity index is 1.30. The lowest BCUT2D eigenvalue weighted by molar-refractivity contribution is -0.127. The van der Waals surface area contributed by atoms with Crippen LogP contribution in [0.25, 0.3) is 0 Å². The van der Waals surface area contributed by atoms with Crippen molar-refractivity contribution in [2.75, 3.05) is 26.2 Å². The molecule has 0 spiro atoms. The van der Waals surface area contributed by atoms with Crippen LogP contribution in [0.4, 0.5) is 4.79 Å². The van der Waals surface area contributed by atoms with Crippen LogP contribution in [0.3, 0.4) is 0 Å². The fourth-order valence-corrected chi connectivity index (χ4v) is 4.72. The zero-order valence-electron chi connectivity index (χ0n) is 15.1. The highest BCUT2D eigenvalue weighted by molar-refractivity contribution is 7.80. The Morgan fingerprint density at radius 1 is 1.15 bits per heavy atom. The van der Waals surface area contributed by atoms with Crippen molar-refractivity contribution in [3.8, 4) is 0 Å². The summed E-state index contributed by atoms with van der Waals surface area (Å²) in [6.45, 7) is 3.34. The van der Waals surface area contributed by atoms with Crippen LogP contribution in [-0.4, -0.2) is 84.1 Å². The Labute approximate surface area is 158 Å². The second-order valence-electron chi connectivity index (χ2n) is 8.04. The van der Waals surface area contributed by atoms with Gasteiger partial charge in [-0.1, -0.05) is 0 Å². The second-order valence-corrected chi connectivity index (χ2v) is 9.04. The Kier molecular flexibility index (Phi) is 5.04. The molecule has 10 nitrogen and oxygen atoms in total. The monoisotopic (exact) mass is 402 g/mol. The zero-order chi connectivity index (χ0) is 19.2. The summed E-state index contributed by atoms with van der Waals surface area (Å²) in [5.41, 5.74) is 0. The summed E-state index contributed by atoms with van der Waals surface area (Å²) < 4.78 is 35.1. The van der Waals surface area contributed by atoms with Crippen LogP contribution in [-0.2, 0) is 19.5 Å². The molecule has 3 saturated heterocycles. The van der Waals surface area contributed by atoms with E-state index in [1.54, 1.807) is 0 Å². The first-order valence-corrected chi connectivity index (χ1v) is 11.0. The molecule has 4 fully saturated rings. The fourth-order valence-electron chi connectivity index (χ4n) is 4.33. The number of fused-ring (bicyclic) bond motifs is 2. The van der Waals surface area contributed by atoms with Crippen molar-refractivity contribution in [1.29, 1.82) is 0 Å². The van der Waals surface area contributed by atoms with Crippen molar-refractivity contribution >= 4 is 22.3 Å². The number of likely N-dealkylation sites (tertiary alicyclic amines) is 1. The van der Waals surface area contributed by atoms with Gasteiger partial charge in [0.05, 0.1) is 6.04 Å². The highest BCUT2D eigenvalue weighted by Crippen LogP contribution is 2.32. The van der Waals surface area contributed by atoms with Crippen molar-refractivity contribution in [1.82, 2.24) is 20.2 Å². The van der Waals surface area contributed by atoms with Crippen LogP contribution >= 0.6 is 0 Å². The summed E-state index contributed by atoms with van der Waals surface area (Å²) in [7, 11) is -4.78. The Morgan fingerprint density at radius 2 is 1.85 bits per heavy atom. The quantitative estimate of drug-likeness (QED) is 0.599. The number of carbonyl (C=O) groups excluding carboxylic acids is 2. The first kappa shape index (κ1) is 18.9. The van der Waals surface area contributed by atoms with Crippen LogP contribution < -0.4 is 5.32 Å². The van der Waals surface area contributed by atoms with Gasteiger partial charge in [0, 0.05) is 32.2 Å². The molecule has 11 heteroatoms. The van der Waals surface area contributed by atoms with Gasteiger partial charge in [-0.25, -0.2) is 4.79 Å². The van der Waals surface area contributed by atoms with E-state index in [-0.39, 0.29) is 18.5 Å². The van der Waals surface area contributed by atoms with Gasteiger partial charge in [-0.05, 0) is 44.4 Å². The lowest BCUT2D eigenvalue weighted by Gasteiger charge is -2.35. The van der Waals surface area contributed by atoms with E-state index in [1.807, 2.05) is 0 Å². The standard InChI is InChI=1S/C16H26N4O6S/c21-15(17-12-5-7-18(8-6-12)9-11-1-2-11)14-4-3-13-10-19(14)16(22)20(13)26-27(23,24)25/h11-14H,1-10H2,(H,17,21)(H,23,24,25)/t13-,14-/m1/s1. The highest BCUT2D eigenvalue weighted by atomic mass is 32.3. The molecule has 4 aliphatic rings. The molecule has 0 unspecified atom stereocenters. The van der Waals surface area contributed by atoms with E-state index < -0.39 is 28.5 Å². The van der Waals surface area contributed by atoms with Crippen molar-refractivity contribution in [2.24, 2.45) is 5.92 Å². The molecule has 1 saturated carbocycles. The summed E-state index contributed by atoms with van der Waals surface area (Å²) in [6.07, 6.45) is 5.35. The van der Waals surface area contributed by atoms with Gasteiger partial charge in [-0.15, -0.1) is 4.28 Å². The Hall–Kier alpha value is -1.43. The summed E-state index contributed by atoms with van der Waals surface area (Å²) >= 11 is 0. The molecule has 0 aromatic heterocycles. The van der Waals surface area contributed by atoms with Gasteiger partial charge in [-0.3, -0.25) is 9.35 Å². The van der Waals surface area contributed by atoms with Crippen LogP contribution in [0.5, 0.6) is 0 Å². The van der Waals surface area contributed by atoms with Crippen molar-refractivity contribution in [3.05, 3.63) is 0 Å². The number of amides is 3. The maximum absolute atomic E-state index is 12.7. The van der Waals surface area contributed by atoms with E-state index in [4.69, 9.17) is 4.55 Å². The minimum Gasteiger partial charge on any atom is -0.351 e. The summed E-state index contributed by atoms with van der Waals surface area (Å²) in [5, 5.41) is 3.72. The van der Waals surface area contributed by atoms with Crippen LogP contribution in [0.1, 0.15) is 38.5 Å². The van der Waals surface area contributed by atoms with E-state index in [2.05, 4.69) is 14.5 Å². The minimum absolute atomic E-state index is 0.105. The van der Waals surface area contributed by atoms with Gasteiger partial charge in [0.15, 0.2) is 0 Å². The van der Waals surface area contributed by atoms with E-state index in [9.17, 15) is 18.0 Å². The molecule has 0 radical (unpaired) electrons. The summed E-state index contributed by atoms with van der Waals surface area (Å²) in [6, 6.07) is -1.70. The average Bonchev–Trinajstić information content (AvgIpc) is 3.40. The third-order valence-corrected chi connectivity index (χ3v) is 6.30. The van der Waals surface area contributed by atoms with Gasteiger partial charge in [0.25, 0.3) is 0 Å². The van der Waals surface area contributed by atoms with E-state index in [0.29, 0.717) is 17.9 Å². The van der Waals surface area contributed by atoms with Crippen molar-refractivity contribution in [3.63, 3.8) is 0 Å². The number of nitrogens with one attached hydrogen (secondary N) is 1. The first-order chi connectivity index (χ1) is 12.8. The normalized spacial score (nSPS) is 30.0. The average molecular weight is 402 g/mol. The maximum Gasteiger partial charge on any atom is 0.418 e. The molecule has 2 atom stereocenters. The molecule has 3 aliphatic heterocycles. The largest absolute Gasteiger partial charge is 0.418 e. The van der Waals surface area contributed by atoms with E-state index >= 15 is 0 Å². The number of rotatable bonds is 6. The summed E-state index contributed by atoms with van der Waals surface area (Å²) in [5.74, 6) is 0.663. The minimum atomic E-state index is -4.78. The van der Waals surface area contributed by atoms with Gasteiger partial charge >= 0.3 is 16.4 Å². The van der Waals surface area contributed by atoms with Crippen LogP contribution in [0.15, 0.2) is 0 Å². The third-order valence-electron chi connectivity index (χ3n) is 5.95. The SMILES string of the molecule is O=C(NC1CCN(CC2CC2)CC1)[C@H]1CC[C@@H]2CN1C(=O)N2OS(=O)(=O)O. The number of piperidine rings is 2. The molecule has 2 bridgehead atoms. The topological polar surface area (TPSA) is 119 Å². The molecule has 1 aliphatic carbocycles. The number of hydroxylamine groups is 2. The lowest BCUT2D eigenvalue weighted by Crippen LogP contribution is -2.53. The molecule has 4 rings (SSSR count). The molecule has 0 aromatic rings. The molecular formula is C16H26N4O6S.